The Morgan fingerprint density at radius 1 is 1.47 bits per heavy atom. The van der Waals surface area contributed by atoms with Crippen molar-refractivity contribution in [3.05, 3.63) is 35.9 Å². The third kappa shape index (κ3) is 3.05. The van der Waals surface area contributed by atoms with E-state index in [0.29, 0.717) is 18.6 Å². The Morgan fingerprint density at radius 2 is 2.18 bits per heavy atom. The van der Waals surface area contributed by atoms with E-state index < -0.39 is 6.10 Å². The number of carbonyl (C=O) groups excluding carboxylic acids is 1. The first-order chi connectivity index (χ1) is 8.16. The van der Waals surface area contributed by atoms with E-state index in [4.69, 9.17) is 9.47 Å². The molecule has 1 aliphatic rings. The van der Waals surface area contributed by atoms with Crippen molar-refractivity contribution >= 4 is 5.97 Å². The molecule has 3 atom stereocenters. The van der Waals surface area contributed by atoms with Crippen LogP contribution in [0.1, 0.15) is 23.7 Å². The number of benzene rings is 1. The largest absolute Gasteiger partial charge is 0.456 e. The number of ether oxygens (including phenoxy) is 2. The molecule has 0 aromatic heterocycles. The smallest absolute Gasteiger partial charge is 0.338 e. The summed E-state index contributed by atoms with van der Waals surface area (Å²) < 4.78 is 10.6. The molecule has 17 heavy (non-hydrogen) atoms. The minimum Gasteiger partial charge on any atom is -0.456 e. The fourth-order valence-electron chi connectivity index (χ4n) is 1.85. The molecule has 2 rings (SSSR count). The van der Waals surface area contributed by atoms with Gasteiger partial charge in [0.05, 0.1) is 24.4 Å². The Balaban J connectivity index is 1.91. The van der Waals surface area contributed by atoms with Crippen molar-refractivity contribution in [3.63, 3.8) is 0 Å². The average Bonchev–Trinajstić information content (AvgIpc) is 2.77. The van der Waals surface area contributed by atoms with Crippen LogP contribution in [-0.4, -0.2) is 36.0 Å². The van der Waals surface area contributed by atoms with Gasteiger partial charge >= 0.3 is 5.97 Å². The number of esters is 1. The molecule has 1 saturated heterocycles. The van der Waals surface area contributed by atoms with Crippen molar-refractivity contribution in [2.45, 2.75) is 31.7 Å². The predicted octanol–water partition coefficient (Wildman–Crippen LogP) is 1.38. The van der Waals surface area contributed by atoms with Crippen LogP contribution >= 0.6 is 0 Å². The molecule has 1 aliphatic heterocycles. The molecule has 92 valence electrons. The van der Waals surface area contributed by atoms with E-state index in [0.717, 1.165) is 0 Å². The molecule has 4 heteroatoms. The van der Waals surface area contributed by atoms with Gasteiger partial charge in [-0.2, -0.15) is 0 Å². The van der Waals surface area contributed by atoms with Crippen LogP contribution in [0.3, 0.4) is 0 Å². The van der Waals surface area contributed by atoms with Crippen LogP contribution in [0.5, 0.6) is 0 Å². The van der Waals surface area contributed by atoms with E-state index >= 15 is 0 Å². The molecule has 1 unspecified atom stereocenters. The zero-order valence-corrected chi connectivity index (χ0v) is 9.70. The number of rotatable bonds is 3. The SMILES string of the molecule is CC(OC(=O)c1ccccc1)[C@@H]1C[C@H](O)CO1. The van der Waals surface area contributed by atoms with Gasteiger partial charge in [-0.05, 0) is 19.1 Å². The summed E-state index contributed by atoms with van der Waals surface area (Å²) in [6, 6.07) is 8.84. The number of hydrogen-bond donors (Lipinski definition) is 1. The van der Waals surface area contributed by atoms with Gasteiger partial charge in [-0.25, -0.2) is 4.79 Å². The van der Waals surface area contributed by atoms with Crippen LogP contribution in [0.4, 0.5) is 0 Å². The maximum Gasteiger partial charge on any atom is 0.338 e. The number of hydrogen-bond acceptors (Lipinski definition) is 4. The normalized spacial score (nSPS) is 25.5. The Morgan fingerprint density at radius 3 is 2.76 bits per heavy atom. The maximum atomic E-state index is 11.8. The first-order valence-electron chi connectivity index (χ1n) is 5.72. The topological polar surface area (TPSA) is 55.8 Å². The van der Waals surface area contributed by atoms with Crippen LogP contribution in [-0.2, 0) is 9.47 Å². The van der Waals surface area contributed by atoms with Crippen molar-refractivity contribution in [1.29, 1.82) is 0 Å². The van der Waals surface area contributed by atoms with Crippen molar-refractivity contribution in [1.82, 2.24) is 0 Å². The van der Waals surface area contributed by atoms with Gasteiger partial charge in [-0.1, -0.05) is 18.2 Å². The predicted molar refractivity (Wildman–Crippen MR) is 61.7 cm³/mol. The fourth-order valence-corrected chi connectivity index (χ4v) is 1.85. The molecule has 0 saturated carbocycles. The molecule has 1 aromatic carbocycles. The molecule has 0 aliphatic carbocycles. The summed E-state index contributed by atoms with van der Waals surface area (Å²) in [4.78, 5) is 11.8. The molecule has 4 nitrogen and oxygen atoms in total. The van der Waals surface area contributed by atoms with E-state index in [2.05, 4.69) is 0 Å². The van der Waals surface area contributed by atoms with Gasteiger partial charge in [0.15, 0.2) is 0 Å². The van der Waals surface area contributed by atoms with Crippen LogP contribution in [0, 0.1) is 0 Å². The average molecular weight is 236 g/mol. The highest BCUT2D eigenvalue weighted by Gasteiger charge is 2.30. The number of aliphatic hydroxyl groups excluding tert-OH is 1. The molecular formula is C13H16O4. The Hall–Kier alpha value is -1.39. The molecule has 1 aromatic rings. The van der Waals surface area contributed by atoms with Crippen LogP contribution in [0.2, 0.25) is 0 Å². The molecule has 0 amide bonds. The fraction of sp³-hybridized carbons (Fsp3) is 0.462. The Bertz CT molecular complexity index is 376. The number of aliphatic hydroxyl groups is 1. The van der Waals surface area contributed by atoms with Gasteiger partial charge in [0.2, 0.25) is 0 Å². The lowest BCUT2D eigenvalue weighted by Gasteiger charge is -2.18. The van der Waals surface area contributed by atoms with E-state index in [1.807, 2.05) is 6.07 Å². The van der Waals surface area contributed by atoms with E-state index in [1.54, 1.807) is 31.2 Å². The summed E-state index contributed by atoms with van der Waals surface area (Å²) in [5.41, 5.74) is 0.526. The van der Waals surface area contributed by atoms with Crippen molar-refractivity contribution in [3.8, 4) is 0 Å². The third-order valence-electron chi connectivity index (χ3n) is 2.83. The van der Waals surface area contributed by atoms with E-state index in [-0.39, 0.29) is 18.2 Å². The Kier molecular flexibility index (Phi) is 3.76. The monoisotopic (exact) mass is 236 g/mol. The molecular weight excluding hydrogens is 220 g/mol. The second-order valence-electron chi connectivity index (χ2n) is 4.24. The van der Waals surface area contributed by atoms with Gasteiger partial charge in [0.25, 0.3) is 0 Å². The second-order valence-corrected chi connectivity index (χ2v) is 4.24. The summed E-state index contributed by atoms with van der Waals surface area (Å²) in [7, 11) is 0. The zero-order valence-electron chi connectivity index (χ0n) is 9.70. The van der Waals surface area contributed by atoms with Crippen molar-refractivity contribution in [2.75, 3.05) is 6.61 Å². The second kappa shape index (κ2) is 5.29. The summed E-state index contributed by atoms with van der Waals surface area (Å²) >= 11 is 0. The minimum absolute atomic E-state index is 0.210. The first kappa shape index (κ1) is 12.1. The molecule has 0 spiro atoms. The summed E-state index contributed by atoms with van der Waals surface area (Å²) in [6.07, 6.45) is -0.487. The molecule has 0 radical (unpaired) electrons. The van der Waals surface area contributed by atoms with Crippen molar-refractivity contribution < 1.29 is 19.4 Å². The summed E-state index contributed by atoms with van der Waals surface area (Å²) in [5, 5.41) is 9.33. The molecule has 1 fully saturated rings. The van der Waals surface area contributed by atoms with Crippen molar-refractivity contribution in [2.24, 2.45) is 0 Å². The van der Waals surface area contributed by atoms with Crippen LogP contribution in [0.25, 0.3) is 0 Å². The first-order valence-corrected chi connectivity index (χ1v) is 5.72. The highest BCUT2D eigenvalue weighted by molar-refractivity contribution is 5.89. The van der Waals surface area contributed by atoms with Crippen LogP contribution in [0.15, 0.2) is 30.3 Å². The van der Waals surface area contributed by atoms with E-state index in [1.165, 1.54) is 0 Å². The number of carbonyl (C=O) groups is 1. The Labute approximate surface area is 100 Å². The van der Waals surface area contributed by atoms with Gasteiger partial charge in [-0.15, -0.1) is 0 Å². The molecule has 1 heterocycles. The lowest BCUT2D eigenvalue weighted by Crippen LogP contribution is -2.28. The minimum atomic E-state index is -0.446. The van der Waals surface area contributed by atoms with Gasteiger partial charge in [0, 0.05) is 6.42 Å². The van der Waals surface area contributed by atoms with Gasteiger partial charge in [-0.3, -0.25) is 0 Å². The third-order valence-corrected chi connectivity index (χ3v) is 2.83. The zero-order chi connectivity index (χ0) is 12.3. The molecule has 1 N–H and O–H groups in total. The van der Waals surface area contributed by atoms with Gasteiger partial charge < -0.3 is 14.6 Å². The summed E-state index contributed by atoms with van der Waals surface area (Å²) in [6.45, 7) is 2.10. The summed E-state index contributed by atoms with van der Waals surface area (Å²) in [5.74, 6) is -0.358. The standard InChI is InChI=1S/C13H16O4/c1-9(12-7-11(14)8-16-12)17-13(15)10-5-3-2-4-6-10/h2-6,9,11-12,14H,7-8H2,1H3/t9?,11-,12-/m0/s1. The van der Waals surface area contributed by atoms with E-state index in [9.17, 15) is 9.90 Å². The highest BCUT2D eigenvalue weighted by Crippen LogP contribution is 2.19. The lowest BCUT2D eigenvalue weighted by molar-refractivity contribution is -0.0219. The lowest BCUT2D eigenvalue weighted by atomic mass is 10.1. The highest BCUT2D eigenvalue weighted by atomic mass is 16.6. The van der Waals surface area contributed by atoms with Gasteiger partial charge in [0.1, 0.15) is 6.10 Å². The van der Waals surface area contributed by atoms with Crippen LogP contribution < -0.4 is 0 Å². The quantitative estimate of drug-likeness (QED) is 0.806. The molecule has 0 bridgehead atoms. The maximum absolute atomic E-state index is 11.8.